The Morgan fingerprint density at radius 1 is 1.14 bits per heavy atom. The normalized spacial score (nSPS) is 12.4. The number of amides is 1. The third-order valence-electron chi connectivity index (χ3n) is 4.60. The molecular formula is C22H22N4O2. The Balaban J connectivity index is 1.47. The Labute approximate surface area is 164 Å². The van der Waals surface area contributed by atoms with Crippen LogP contribution in [0.5, 0.6) is 5.75 Å². The van der Waals surface area contributed by atoms with Crippen molar-refractivity contribution < 1.29 is 9.53 Å². The lowest BCUT2D eigenvalue weighted by molar-refractivity contribution is -0.115. The first-order chi connectivity index (χ1) is 13.7. The number of carbonyl (C=O) groups is 1. The molecule has 28 heavy (non-hydrogen) atoms. The predicted molar refractivity (Wildman–Crippen MR) is 110 cm³/mol. The molecule has 0 saturated heterocycles. The number of ether oxygens (including phenoxy) is 1. The van der Waals surface area contributed by atoms with E-state index in [0.717, 1.165) is 34.7 Å². The van der Waals surface area contributed by atoms with E-state index in [0.29, 0.717) is 19.1 Å². The van der Waals surface area contributed by atoms with Crippen molar-refractivity contribution in [1.29, 1.82) is 0 Å². The van der Waals surface area contributed by atoms with Crippen molar-refractivity contribution in [3.63, 3.8) is 0 Å². The summed E-state index contributed by atoms with van der Waals surface area (Å²) in [6.45, 7) is 3.36. The van der Waals surface area contributed by atoms with E-state index in [2.05, 4.69) is 32.7 Å². The second kappa shape index (κ2) is 8.08. The molecule has 0 unspecified atom stereocenters. The minimum Gasteiger partial charge on any atom is -0.494 e. The SMILES string of the molecule is CCOc1ccc(CCNc2ncc3c(n2)-c2ccccc2NC(=O)C3)cc1. The van der Waals surface area contributed by atoms with Crippen LogP contribution >= 0.6 is 0 Å². The molecule has 0 spiro atoms. The van der Waals surface area contributed by atoms with E-state index in [-0.39, 0.29) is 12.3 Å². The van der Waals surface area contributed by atoms with Gasteiger partial charge in [-0.2, -0.15) is 0 Å². The van der Waals surface area contributed by atoms with Gasteiger partial charge in [0.25, 0.3) is 0 Å². The van der Waals surface area contributed by atoms with E-state index < -0.39 is 0 Å². The molecule has 6 heteroatoms. The topological polar surface area (TPSA) is 76.1 Å². The fourth-order valence-electron chi connectivity index (χ4n) is 3.26. The molecule has 1 aliphatic rings. The molecule has 0 radical (unpaired) electrons. The van der Waals surface area contributed by atoms with Gasteiger partial charge < -0.3 is 15.4 Å². The largest absolute Gasteiger partial charge is 0.494 e. The van der Waals surface area contributed by atoms with Gasteiger partial charge in [-0.3, -0.25) is 4.79 Å². The van der Waals surface area contributed by atoms with Gasteiger partial charge in [-0.1, -0.05) is 30.3 Å². The van der Waals surface area contributed by atoms with Gasteiger partial charge in [0.05, 0.1) is 24.4 Å². The van der Waals surface area contributed by atoms with E-state index >= 15 is 0 Å². The van der Waals surface area contributed by atoms with Crippen LogP contribution in [0.4, 0.5) is 11.6 Å². The Morgan fingerprint density at radius 3 is 2.79 bits per heavy atom. The van der Waals surface area contributed by atoms with Gasteiger partial charge in [0.15, 0.2) is 0 Å². The zero-order chi connectivity index (χ0) is 19.3. The standard InChI is InChI=1S/C22H22N4O2/c1-2-28-17-9-7-15(8-10-17)11-12-23-22-24-14-16-13-20(27)25-19-6-4-3-5-18(19)21(16)26-22/h3-10,14H,2,11-13H2,1H3,(H,25,27)(H,23,24,26). The summed E-state index contributed by atoms with van der Waals surface area (Å²) in [5, 5.41) is 6.22. The van der Waals surface area contributed by atoms with Crippen LogP contribution in [0.15, 0.2) is 54.7 Å². The fourth-order valence-corrected chi connectivity index (χ4v) is 3.26. The summed E-state index contributed by atoms with van der Waals surface area (Å²) < 4.78 is 5.47. The number of nitrogens with zero attached hydrogens (tertiary/aromatic N) is 2. The van der Waals surface area contributed by atoms with Gasteiger partial charge in [0.1, 0.15) is 5.75 Å². The molecule has 1 amide bonds. The first kappa shape index (κ1) is 18.0. The summed E-state index contributed by atoms with van der Waals surface area (Å²) in [5.41, 5.74) is 4.54. The van der Waals surface area contributed by atoms with Crippen LogP contribution in [-0.2, 0) is 17.6 Å². The highest BCUT2D eigenvalue weighted by Gasteiger charge is 2.20. The fraction of sp³-hybridized carbons (Fsp3) is 0.227. The smallest absolute Gasteiger partial charge is 0.228 e. The zero-order valence-corrected chi connectivity index (χ0v) is 15.7. The van der Waals surface area contributed by atoms with E-state index in [9.17, 15) is 4.79 Å². The molecule has 0 aliphatic carbocycles. The molecule has 4 rings (SSSR count). The quantitative estimate of drug-likeness (QED) is 0.688. The molecule has 142 valence electrons. The number of rotatable bonds is 6. The number of anilines is 2. The Morgan fingerprint density at radius 2 is 1.96 bits per heavy atom. The maximum absolute atomic E-state index is 12.1. The highest BCUT2D eigenvalue weighted by Crippen LogP contribution is 2.32. The molecule has 2 aromatic carbocycles. The molecule has 0 fully saturated rings. The van der Waals surface area contributed by atoms with E-state index in [4.69, 9.17) is 4.74 Å². The second-order valence-electron chi connectivity index (χ2n) is 6.59. The summed E-state index contributed by atoms with van der Waals surface area (Å²) >= 11 is 0. The molecule has 0 saturated carbocycles. The molecule has 1 aromatic heterocycles. The first-order valence-corrected chi connectivity index (χ1v) is 9.43. The Hall–Kier alpha value is -3.41. The number of carbonyl (C=O) groups excluding carboxylic acids is 1. The van der Waals surface area contributed by atoms with E-state index in [1.54, 1.807) is 6.20 Å². The third-order valence-corrected chi connectivity index (χ3v) is 4.60. The average molecular weight is 374 g/mol. The van der Waals surface area contributed by atoms with Crippen molar-refractivity contribution in [2.75, 3.05) is 23.8 Å². The summed E-state index contributed by atoms with van der Waals surface area (Å²) in [7, 11) is 0. The number of hydrogen-bond donors (Lipinski definition) is 2. The number of para-hydroxylation sites is 1. The highest BCUT2D eigenvalue weighted by molar-refractivity contribution is 5.99. The van der Waals surface area contributed by atoms with E-state index in [1.807, 2.05) is 43.3 Å². The van der Waals surface area contributed by atoms with Crippen LogP contribution in [0.2, 0.25) is 0 Å². The highest BCUT2D eigenvalue weighted by atomic mass is 16.5. The molecule has 2 N–H and O–H groups in total. The van der Waals surface area contributed by atoms with Crippen LogP contribution in [0.1, 0.15) is 18.1 Å². The van der Waals surface area contributed by atoms with Crippen molar-refractivity contribution in [1.82, 2.24) is 9.97 Å². The molecule has 6 nitrogen and oxygen atoms in total. The van der Waals surface area contributed by atoms with Crippen molar-refractivity contribution in [2.24, 2.45) is 0 Å². The van der Waals surface area contributed by atoms with Gasteiger partial charge in [0.2, 0.25) is 11.9 Å². The summed E-state index contributed by atoms with van der Waals surface area (Å²) in [5.74, 6) is 1.40. The Bertz CT molecular complexity index is 986. The molecular weight excluding hydrogens is 352 g/mol. The van der Waals surface area contributed by atoms with E-state index in [1.165, 1.54) is 5.56 Å². The van der Waals surface area contributed by atoms with Gasteiger partial charge in [-0.25, -0.2) is 9.97 Å². The maximum atomic E-state index is 12.1. The third kappa shape index (κ3) is 3.96. The maximum Gasteiger partial charge on any atom is 0.228 e. The minimum absolute atomic E-state index is 0.0500. The van der Waals surface area contributed by atoms with Crippen LogP contribution in [0.3, 0.4) is 0 Å². The number of fused-ring (bicyclic) bond motifs is 3. The van der Waals surface area contributed by atoms with Crippen LogP contribution in [-0.4, -0.2) is 29.0 Å². The molecule has 3 aromatic rings. The summed E-state index contributed by atoms with van der Waals surface area (Å²) in [4.78, 5) is 21.2. The van der Waals surface area contributed by atoms with Crippen LogP contribution in [0, 0.1) is 0 Å². The molecule has 0 atom stereocenters. The summed E-state index contributed by atoms with van der Waals surface area (Å²) in [6.07, 6.45) is 2.86. The number of hydrogen-bond acceptors (Lipinski definition) is 5. The molecule has 2 heterocycles. The van der Waals surface area contributed by atoms with Gasteiger partial charge in [-0.15, -0.1) is 0 Å². The van der Waals surface area contributed by atoms with Crippen LogP contribution < -0.4 is 15.4 Å². The number of nitrogens with one attached hydrogen (secondary N) is 2. The predicted octanol–water partition coefficient (Wildman–Crippen LogP) is 3.69. The van der Waals surface area contributed by atoms with Crippen molar-refractivity contribution >= 4 is 17.5 Å². The van der Waals surface area contributed by atoms with Gasteiger partial charge >= 0.3 is 0 Å². The first-order valence-electron chi connectivity index (χ1n) is 9.43. The van der Waals surface area contributed by atoms with Crippen molar-refractivity contribution in [2.45, 2.75) is 19.8 Å². The lowest BCUT2D eigenvalue weighted by Gasteiger charge is -2.10. The van der Waals surface area contributed by atoms with Crippen LogP contribution in [0.25, 0.3) is 11.3 Å². The lowest BCUT2D eigenvalue weighted by atomic mass is 10.1. The molecule has 1 aliphatic heterocycles. The zero-order valence-electron chi connectivity index (χ0n) is 15.7. The van der Waals surface area contributed by atoms with Crippen molar-refractivity contribution in [3.8, 4) is 17.0 Å². The second-order valence-corrected chi connectivity index (χ2v) is 6.59. The Kier molecular flexibility index (Phi) is 5.19. The average Bonchev–Trinajstić information content (AvgIpc) is 2.85. The molecule has 0 bridgehead atoms. The lowest BCUT2D eigenvalue weighted by Crippen LogP contribution is -2.13. The van der Waals surface area contributed by atoms with Gasteiger partial charge in [0, 0.05) is 23.9 Å². The van der Waals surface area contributed by atoms with Crippen molar-refractivity contribution in [3.05, 3.63) is 65.9 Å². The van der Waals surface area contributed by atoms with Gasteiger partial charge in [-0.05, 0) is 37.1 Å². The number of benzene rings is 2. The minimum atomic E-state index is -0.0500. The number of aromatic nitrogens is 2. The summed E-state index contributed by atoms with van der Waals surface area (Å²) in [6, 6.07) is 15.8. The monoisotopic (exact) mass is 374 g/mol.